The van der Waals surface area contributed by atoms with Crippen LogP contribution >= 0.6 is 0 Å². The van der Waals surface area contributed by atoms with Gasteiger partial charge < -0.3 is 9.47 Å². The predicted molar refractivity (Wildman–Crippen MR) is 219 cm³/mol. The summed E-state index contributed by atoms with van der Waals surface area (Å²) in [4.78, 5) is 0. The van der Waals surface area contributed by atoms with Gasteiger partial charge >= 0.3 is 0 Å². The fourth-order valence-corrected chi connectivity index (χ4v) is 7.08. The maximum absolute atomic E-state index is 6.24. The lowest BCUT2D eigenvalue weighted by atomic mass is 9.94. The Morgan fingerprint density at radius 3 is 1.18 bits per heavy atom. The van der Waals surface area contributed by atoms with E-state index >= 15 is 0 Å². The maximum Gasteiger partial charge on any atom is 0.119 e. The summed E-state index contributed by atoms with van der Waals surface area (Å²) in [6, 6.07) is 26.4. The largest absolute Gasteiger partial charge is 0.494 e. The minimum absolute atomic E-state index is 0.120. The van der Waals surface area contributed by atoms with Gasteiger partial charge in [-0.05, 0) is 59.7 Å². The lowest BCUT2D eigenvalue weighted by Gasteiger charge is -2.15. The molecule has 0 N–H and O–H groups in total. The average molecular weight is 683 g/mol. The molecule has 0 aliphatic carbocycles. The molecule has 0 saturated carbocycles. The Bertz CT molecular complexity index is 1200. The number of unbranched alkanes of at least 4 members (excludes halogenated alkanes) is 22. The molecular formula is C48H74O2. The van der Waals surface area contributed by atoms with Gasteiger partial charge in [0.25, 0.3) is 0 Å². The van der Waals surface area contributed by atoms with E-state index in [4.69, 9.17) is 9.47 Å². The summed E-state index contributed by atoms with van der Waals surface area (Å²) < 4.78 is 12.3. The molecule has 0 aliphatic heterocycles. The highest BCUT2D eigenvalue weighted by atomic mass is 16.5. The molecular weight excluding hydrogens is 609 g/mol. The second-order valence-electron chi connectivity index (χ2n) is 14.8. The van der Waals surface area contributed by atoms with Crippen LogP contribution in [0.1, 0.15) is 187 Å². The highest BCUT2D eigenvalue weighted by molar-refractivity contribution is 5.83. The zero-order valence-electron chi connectivity index (χ0n) is 32.7. The van der Waals surface area contributed by atoms with Gasteiger partial charge in [0, 0.05) is 6.61 Å². The molecule has 2 nitrogen and oxygen atoms in total. The molecule has 278 valence electrons. The Morgan fingerprint density at radius 1 is 0.400 bits per heavy atom. The molecule has 0 spiro atoms. The zero-order chi connectivity index (χ0) is 35.3. The molecule has 1 unspecified atom stereocenters. The summed E-state index contributed by atoms with van der Waals surface area (Å²) in [6.07, 6.45) is 33.0. The summed E-state index contributed by atoms with van der Waals surface area (Å²) in [7, 11) is 0. The first-order chi connectivity index (χ1) is 24.7. The number of hydrogen-bond donors (Lipinski definition) is 0. The van der Waals surface area contributed by atoms with Crippen LogP contribution in [0.5, 0.6) is 5.75 Å². The topological polar surface area (TPSA) is 18.5 Å². The minimum atomic E-state index is 0.120. The number of ether oxygens (including phenoxy) is 2. The number of rotatable bonds is 31. The van der Waals surface area contributed by atoms with E-state index in [2.05, 4.69) is 93.6 Å². The fourth-order valence-electron chi connectivity index (χ4n) is 7.08. The molecule has 3 rings (SSSR count). The van der Waals surface area contributed by atoms with Crippen molar-refractivity contribution in [3.05, 3.63) is 78.4 Å². The highest BCUT2D eigenvalue weighted by Gasteiger charge is 2.10. The van der Waals surface area contributed by atoms with Crippen LogP contribution in [-0.2, 0) is 4.74 Å². The van der Waals surface area contributed by atoms with Crippen molar-refractivity contribution in [3.63, 3.8) is 0 Å². The maximum atomic E-state index is 6.24. The minimum Gasteiger partial charge on any atom is -0.494 e. The second kappa shape index (κ2) is 28.1. The quantitative estimate of drug-likeness (QED) is 0.0629. The van der Waals surface area contributed by atoms with Gasteiger partial charge in [-0.1, -0.05) is 216 Å². The van der Waals surface area contributed by atoms with Crippen molar-refractivity contribution in [1.82, 2.24) is 0 Å². The van der Waals surface area contributed by atoms with E-state index in [0.29, 0.717) is 0 Å². The van der Waals surface area contributed by atoms with Crippen molar-refractivity contribution < 1.29 is 9.47 Å². The van der Waals surface area contributed by atoms with Crippen molar-refractivity contribution in [2.75, 3.05) is 13.2 Å². The monoisotopic (exact) mass is 683 g/mol. The van der Waals surface area contributed by atoms with Gasteiger partial charge in [-0.25, -0.2) is 0 Å². The van der Waals surface area contributed by atoms with Crippen molar-refractivity contribution in [1.29, 1.82) is 0 Å². The van der Waals surface area contributed by atoms with E-state index < -0.39 is 0 Å². The van der Waals surface area contributed by atoms with Crippen LogP contribution in [0, 0.1) is 0 Å². The van der Waals surface area contributed by atoms with Crippen LogP contribution < -0.4 is 4.74 Å². The van der Waals surface area contributed by atoms with Crippen LogP contribution in [0.15, 0.2) is 72.8 Å². The summed E-state index contributed by atoms with van der Waals surface area (Å²) in [5, 5.41) is 0. The first kappa shape index (κ1) is 41.8. The van der Waals surface area contributed by atoms with Gasteiger partial charge in [-0.3, -0.25) is 0 Å². The predicted octanol–water partition coefficient (Wildman–Crippen LogP) is 15.9. The van der Waals surface area contributed by atoms with Gasteiger partial charge in [-0.2, -0.15) is 0 Å². The molecule has 0 saturated heterocycles. The first-order valence-electron chi connectivity index (χ1n) is 21.3. The molecule has 0 radical (unpaired) electrons. The Labute approximate surface area is 309 Å². The zero-order valence-corrected chi connectivity index (χ0v) is 32.7. The summed E-state index contributed by atoms with van der Waals surface area (Å²) in [5.41, 5.74) is 6.23. The Hall–Kier alpha value is -2.58. The normalized spacial score (nSPS) is 12.0. The Morgan fingerprint density at radius 2 is 0.760 bits per heavy atom. The van der Waals surface area contributed by atoms with Gasteiger partial charge in [0.15, 0.2) is 0 Å². The number of hydrogen-bond acceptors (Lipinski definition) is 2. The molecule has 3 aromatic carbocycles. The van der Waals surface area contributed by atoms with E-state index in [-0.39, 0.29) is 6.10 Å². The van der Waals surface area contributed by atoms with Gasteiger partial charge in [0.05, 0.1) is 12.7 Å². The van der Waals surface area contributed by atoms with Crippen molar-refractivity contribution in [2.45, 2.75) is 181 Å². The first-order valence-corrected chi connectivity index (χ1v) is 21.3. The molecule has 2 heteroatoms. The molecule has 0 aliphatic rings. The van der Waals surface area contributed by atoms with Gasteiger partial charge in [-0.15, -0.1) is 0 Å². The molecule has 0 heterocycles. The third kappa shape index (κ3) is 18.1. The Balaban J connectivity index is 1.31. The molecule has 3 aromatic rings. The lowest BCUT2D eigenvalue weighted by Crippen LogP contribution is -2.02. The molecule has 0 amide bonds. The number of benzene rings is 3. The third-order valence-corrected chi connectivity index (χ3v) is 10.4. The van der Waals surface area contributed by atoms with E-state index in [1.54, 1.807) is 0 Å². The van der Waals surface area contributed by atoms with Crippen LogP contribution in [-0.4, -0.2) is 13.2 Å². The van der Waals surface area contributed by atoms with E-state index in [9.17, 15) is 0 Å². The lowest BCUT2D eigenvalue weighted by molar-refractivity contribution is 0.0627. The van der Waals surface area contributed by atoms with Gasteiger partial charge in [0.1, 0.15) is 5.75 Å². The smallest absolute Gasteiger partial charge is 0.119 e. The third-order valence-electron chi connectivity index (χ3n) is 10.4. The molecule has 0 fully saturated rings. The Kier molecular flexibility index (Phi) is 23.5. The van der Waals surface area contributed by atoms with E-state index in [1.807, 2.05) is 0 Å². The average Bonchev–Trinajstić information content (AvgIpc) is 3.15. The van der Waals surface area contributed by atoms with E-state index in [1.165, 1.54) is 169 Å². The van der Waals surface area contributed by atoms with Crippen LogP contribution in [0.4, 0.5) is 0 Å². The molecule has 0 bridgehead atoms. The van der Waals surface area contributed by atoms with Gasteiger partial charge in [0.2, 0.25) is 0 Å². The molecule has 1 atom stereocenters. The second-order valence-corrected chi connectivity index (χ2v) is 14.8. The summed E-state index contributed by atoms with van der Waals surface area (Å²) in [5.74, 6) is 0.968. The SMILES string of the molecule is CCCCCCCCCCCCCCCOC(C)c1ccc(-c2ccccc2-c2ccc(OCCCCCCCCCCCCC)cc2)cc1. The highest BCUT2D eigenvalue weighted by Crippen LogP contribution is 2.34. The summed E-state index contributed by atoms with van der Waals surface area (Å²) >= 11 is 0. The summed E-state index contributed by atoms with van der Waals surface area (Å²) in [6.45, 7) is 8.43. The van der Waals surface area contributed by atoms with Crippen molar-refractivity contribution in [2.24, 2.45) is 0 Å². The van der Waals surface area contributed by atoms with Crippen LogP contribution in [0.25, 0.3) is 22.3 Å². The molecule has 0 aromatic heterocycles. The van der Waals surface area contributed by atoms with Crippen molar-refractivity contribution in [3.8, 4) is 28.0 Å². The standard InChI is InChI=1S/C48H74O2/c1-4-6-8-10-12-14-16-17-19-20-22-24-28-40-49-42(3)43-32-34-44(35-33-43)47-30-26-27-31-48(47)45-36-38-46(39-37-45)50-41-29-25-23-21-18-15-13-11-9-7-5-2/h26-27,30-39,42H,4-25,28-29,40-41H2,1-3H3. The van der Waals surface area contributed by atoms with Crippen molar-refractivity contribution >= 4 is 0 Å². The van der Waals surface area contributed by atoms with Crippen LogP contribution in [0.2, 0.25) is 0 Å². The van der Waals surface area contributed by atoms with E-state index in [0.717, 1.165) is 31.8 Å². The van der Waals surface area contributed by atoms with Crippen LogP contribution in [0.3, 0.4) is 0 Å². The fraction of sp³-hybridized carbons (Fsp3) is 0.625. The molecule has 50 heavy (non-hydrogen) atoms.